The van der Waals surface area contributed by atoms with E-state index in [4.69, 9.17) is 4.74 Å². The van der Waals surface area contributed by atoms with Crippen molar-refractivity contribution in [1.82, 2.24) is 5.32 Å². The molecule has 20 heavy (non-hydrogen) atoms. The number of nitrogens with one attached hydrogen (secondary N) is 1. The third-order valence-corrected chi connectivity index (χ3v) is 4.19. The van der Waals surface area contributed by atoms with Crippen molar-refractivity contribution in [2.24, 2.45) is 0 Å². The first kappa shape index (κ1) is 14.9. The zero-order valence-electron chi connectivity index (χ0n) is 12.0. The maximum Gasteiger partial charge on any atom is 0.118 e. The van der Waals surface area contributed by atoms with E-state index in [-0.39, 0.29) is 0 Å². The Hall–Kier alpha value is -1.45. The van der Waals surface area contributed by atoms with Gasteiger partial charge in [0.15, 0.2) is 0 Å². The van der Waals surface area contributed by atoms with E-state index in [9.17, 15) is 0 Å². The molecule has 2 rings (SSSR count). The van der Waals surface area contributed by atoms with E-state index in [1.54, 1.807) is 7.11 Å². The topological polar surface area (TPSA) is 21.3 Å². The van der Waals surface area contributed by atoms with Crippen LogP contribution >= 0.6 is 11.8 Å². The van der Waals surface area contributed by atoms with Gasteiger partial charge in [-0.3, -0.25) is 0 Å². The maximum atomic E-state index is 5.17. The Morgan fingerprint density at radius 3 is 2.40 bits per heavy atom. The lowest BCUT2D eigenvalue weighted by Gasteiger charge is -2.14. The summed E-state index contributed by atoms with van der Waals surface area (Å²) in [5.74, 6) is 1.98. The van der Waals surface area contributed by atoms with Crippen LogP contribution in [0.4, 0.5) is 0 Å². The van der Waals surface area contributed by atoms with Gasteiger partial charge < -0.3 is 10.1 Å². The molecule has 0 aliphatic carbocycles. The predicted octanol–water partition coefficient (Wildman–Crippen LogP) is 4.14. The second-order valence-corrected chi connectivity index (χ2v) is 5.78. The van der Waals surface area contributed by atoms with Gasteiger partial charge in [0.1, 0.15) is 5.75 Å². The third-order valence-electron chi connectivity index (χ3n) is 3.18. The van der Waals surface area contributed by atoms with E-state index in [2.05, 4.69) is 48.6 Å². The minimum absolute atomic E-state index is 0.359. The monoisotopic (exact) mass is 287 g/mol. The van der Waals surface area contributed by atoms with Crippen LogP contribution in [-0.2, 0) is 0 Å². The lowest BCUT2D eigenvalue weighted by atomic mass is 10.1. The SMILES string of the molecule is COc1ccc(C(C)NCCSc2ccccc2)cc1. The van der Waals surface area contributed by atoms with Crippen LogP contribution in [0.3, 0.4) is 0 Å². The first-order valence-corrected chi connectivity index (χ1v) is 7.83. The number of methoxy groups -OCH3 is 1. The summed E-state index contributed by atoms with van der Waals surface area (Å²) in [5, 5.41) is 3.54. The summed E-state index contributed by atoms with van der Waals surface area (Å²) in [6.45, 7) is 3.18. The van der Waals surface area contributed by atoms with E-state index in [0.29, 0.717) is 6.04 Å². The number of rotatable bonds is 7. The molecule has 0 saturated heterocycles. The molecule has 0 radical (unpaired) electrons. The fraction of sp³-hybridized carbons (Fsp3) is 0.294. The van der Waals surface area contributed by atoms with Crippen LogP contribution in [0.25, 0.3) is 0 Å². The molecule has 1 atom stereocenters. The summed E-state index contributed by atoms with van der Waals surface area (Å²) >= 11 is 1.88. The molecule has 3 heteroatoms. The van der Waals surface area contributed by atoms with Gasteiger partial charge in [-0.15, -0.1) is 11.8 Å². The first-order chi connectivity index (χ1) is 9.79. The van der Waals surface area contributed by atoms with Crippen molar-refractivity contribution >= 4 is 11.8 Å². The van der Waals surface area contributed by atoms with Gasteiger partial charge in [0.25, 0.3) is 0 Å². The molecule has 0 heterocycles. The number of benzene rings is 2. The van der Waals surface area contributed by atoms with Gasteiger partial charge in [0.05, 0.1) is 7.11 Å². The quantitative estimate of drug-likeness (QED) is 0.611. The summed E-state index contributed by atoms with van der Waals surface area (Å²) in [5.41, 5.74) is 1.29. The fourth-order valence-corrected chi connectivity index (χ4v) is 2.78. The van der Waals surface area contributed by atoms with Crippen LogP contribution in [0.15, 0.2) is 59.5 Å². The molecular weight excluding hydrogens is 266 g/mol. The van der Waals surface area contributed by atoms with Crippen molar-refractivity contribution in [2.75, 3.05) is 19.4 Å². The van der Waals surface area contributed by atoms with Crippen molar-refractivity contribution in [3.8, 4) is 5.75 Å². The smallest absolute Gasteiger partial charge is 0.118 e. The summed E-state index contributed by atoms with van der Waals surface area (Å²) in [6.07, 6.45) is 0. The minimum atomic E-state index is 0.359. The molecule has 2 aromatic carbocycles. The molecule has 0 saturated carbocycles. The predicted molar refractivity (Wildman–Crippen MR) is 86.6 cm³/mol. The van der Waals surface area contributed by atoms with Crippen molar-refractivity contribution in [1.29, 1.82) is 0 Å². The van der Waals surface area contributed by atoms with Gasteiger partial charge in [-0.05, 0) is 36.8 Å². The molecule has 1 N–H and O–H groups in total. The largest absolute Gasteiger partial charge is 0.497 e. The van der Waals surface area contributed by atoms with E-state index < -0.39 is 0 Å². The molecule has 2 nitrogen and oxygen atoms in total. The number of hydrogen-bond acceptors (Lipinski definition) is 3. The van der Waals surface area contributed by atoms with Gasteiger partial charge >= 0.3 is 0 Å². The summed E-state index contributed by atoms with van der Waals surface area (Å²) in [6, 6.07) is 19.1. The van der Waals surface area contributed by atoms with Gasteiger partial charge in [-0.25, -0.2) is 0 Å². The molecule has 1 unspecified atom stereocenters. The molecule has 0 spiro atoms. The Morgan fingerprint density at radius 1 is 1.05 bits per heavy atom. The Kier molecular flexibility index (Phi) is 5.96. The van der Waals surface area contributed by atoms with E-state index in [1.807, 2.05) is 30.0 Å². The highest BCUT2D eigenvalue weighted by atomic mass is 32.2. The minimum Gasteiger partial charge on any atom is -0.497 e. The van der Waals surface area contributed by atoms with E-state index in [0.717, 1.165) is 18.0 Å². The van der Waals surface area contributed by atoms with Crippen molar-refractivity contribution < 1.29 is 4.74 Å². The summed E-state index contributed by atoms with van der Waals surface area (Å²) < 4.78 is 5.17. The van der Waals surface area contributed by atoms with Crippen molar-refractivity contribution in [2.45, 2.75) is 17.9 Å². The van der Waals surface area contributed by atoms with Gasteiger partial charge in [-0.2, -0.15) is 0 Å². The summed E-state index contributed by atoms with van der Waals surface area (Å²) in [7, 11) is 1.69. The van der Waals surface area contributed by atoms with E-state index >= 15 is 0 Å². The maximum absolute atomic E-state index is 5.17. The molecule has 0 aliphatic rings. The zero-order valence-corrected chi connectivity index (χ0v) is 12.8. The van der Waals surface area contributed by atoms with Crippen LogP contribution in [-0.4, -0.2) is 19.4 Å². The first-order valence-electron chi connectivity index (χ1n) is 6.85. The molecule has 106 valence electrons. The van der Waals surface area contributed by atoms with Gasteiger partial charge in [0.2, 0.25) is 0 Å². The Labute approximate surface area is 125 Å². The Balaban J connectivity index is 1.73. The number of ether oxygens (including phenoxy) is 1. The number of hydrogen-bond donors (Lipinski definition) is 1. The van der Waals surface area contributed by atoms with Gasteiger partial charge in [-0.1, -0.05) is 30.3 Å². The molecule has 2 aromatic rings. The van der Waals surface area contributed by atoms with Crippen molar-refractivity contribution in [3.63, 3.8) is 0 Å². The Bertz CT molecular complexity index is 498. The summed E-state index contributed by atoms with van der Waals surface area (Å²) in [4.78, 5) is 1.33. The average molecular weight is 287 g/mol. The van der Waals surface area contributed by atoms with Crippen LogP contribution < -0.4 is 10.1 Å². The second kappa shape index (κ2) is 7.98. The zero-order chi connectivity index (χ0) is 14.2. The van der Waals surface area contributed by atoms with Crippen LogP contribution in [0.2, 0.25) is 0 Å². The van der Waals surface area contributed by atoms with Crippen molar-refractivity contribution in [3.05, 3.63) is 60.2 Å². The lowest BCUT2D eigenvalue weighted by molar-refractivity contribution is 0.414. The third kappa shape index (κ3) is 4.58. The lowest BCUT2D eigenvalue weighted by Crippen LogP contribution is -2.21. The Morgan fingerprint density at radius 2 is 1.75 bits per heavy atom. The standard InChI is InChI=1S/C17H21NOS/c1-14(15-8-10-16(19-2)11-9-15)18-12-13-20-17-6-4-3-5-7-17/h3-11,14,18H,12-13H2,1-2H3. The fourth-order valence-electron chi connectivity index (χ4n) is 1.97. The number of thioether (sulfide) groups is 1. The van der Waals surface area contributed by atoms with Crippen LogP contribution in [0.1, 0.15) is 18.5 Å². The molecular formula is C17H21NOS. The molecule has 0 aliphatic heterocycles. The second-order valence-electron chi connectivity index (χ2n) is 4.61. The van der Waals surface area contributed by atoms with Gasteiger partial charge in [0, 0.05) is 23.2 Å². The van der Waals surface area contributed by atoms with E-state index in [1.165, 1.54) is 10.5 Å². The molecule has 0 fully saturated rings. The highest BCUT2D eigenvalue weighted by Crippen LogP contribution is 2.18. The molecule has 0 aromatic heterocycles. The average Bonchev–Trinajstić information content (AvgIpc) is 2.52. The highest BCUT2D eigenvalue weighted by molar-refractivity contribution is 7.99. The normalized spacial score (nSPS) is 12.1. The van der Waals surface area contributed by atoms with Crippen LogP contribution in [0.5, 0.6) is 5.75 Å². The molecule has 0 bridgehead atoms. The highest BCUT2D eigenvalue weighted by Gasteiger charge is 2.04. The van der Waals surface area contributed by atoms with Crippen LogP contribution in [0, 0.1) is 0 Å². The molecule has 0 amide bonds.